The van der Waals surface area contributed by atoms with Crippen molar-refractivity contribution in [3.8, 4) is 0 Å². The maximum atomic E-state index is 11.7. The van der Waals surface area contributed by atoms with E-state index in [1.807, 2.05) is 6.92 Å². The van der Waals surface area contributed by atoms with Gasteiger partial charge in [-0.25, -0.2) is 0 Å². The Hall–Kier alpha value is -1.06. The average Bonchev–Trinajstić information content (AvgIpc) is 2.29. The Morgan fingerprint density at radius 2 is 2.00 bits per heavy atom. The van der Waals surface area contributed by atoms with E-state index in [1.165, 1.54) is 0 Å². The zero-order chi connectivity index (χ0) is 12.8. The minimum absolute atomic E-state index is 0.00231. The first-order valence-electron chi connectivity index (χ1n) is 6.56. The number of carboxylic acids is 1. The lowest BCUT2D eigenvalue weighted by molar-refractivity contribution is -0.144. The van der Waals surface area contributed by atoms with E-state index in [4.69, 9.17) is 5.11 Å². The molecule has 2 N–H and O–H groups in total. The maximum absolute atomic E-state index is 11.7. The Morgan fingerprint density at radius 1 is 1.35 bits per heavy atom. The van der Waals surface area contributed by atoms with Gasteiger partial charge >= 0.3 is 5.97 Å². The van der Waals surface area contributed by atoms with E-state index in [-0.39, 0.29) is 11.9 Å². The molecule has 1 saturated carbocycles. The lowest BCUT2D eigenvalue weighted by Gasteiger charge is -2.29. The van der Waals surface area contributed by atoms with Crippen molar-refractivity contribution in [2.75, 3.05) is 0 Å². The summed E-state index contributed by atoms with van der Waals surface area (Å²) in [5.74, 6) is -0.817. The third-order valence-corrected chi connectivity index (χ3v) is 3.66. The molecule has 0 heterocycles. The van der Waals surface area contributed by atoms with Gasteiger partial charge in [0.25, 0.3) is 0 Å². The van der Waals surface area contributed by atoms with Crippen molar-refractivity contribution >= 4 is 11.9 Å². The minimum Gasteiger partial charge on any atom is -0.481 e. The topological polar surface area (TPSA) is 66.4 Å². The second-order valence-corrected chi connectivity index (χ2v) is 5.12. The Kier molecular flexibility index (Phi) is 5.45. The SMILES string of the molecule is CCC(C)CC(=O)NC1CCCCC1C(=O)O. The van der Waals surface area contributed by atoms with E-state index in [9.17, 15) is 9.59 Å². The first kappa shape index (κ1) is 14.0. The highest BCUT2D eigenvalue weighted by atomic mass is 16.4. The van der Waals surface area contributed by atoms with Crippen LogP contribution in [0.5, 0.6) is 0 Å². The van der Waals surface area contributed by atoms with E-state index < -0.39 is 11.9 Å². The number of amides is 1. The molecule has 1 aliphatic rings. The number of carbonyl (C=O) groups is 2. The predicted octanol–water partition coefficient (Wildman–Crippen LogP) is 2.18. The van der Waals surface area contributed by atoms with E-state index >= 15 is 0 Å². The van der Waals surface area contributed by atoms with Crippen molar-refractivity contribution in [2.24, 2.45) is 11.8 Å². The standard InChI is InChI=1S/C13H23NO3/c1-3-9(2)8-12(15)14-11-7-5-4-6-10(11)13(16)17/h9-11H,3-8H2,1-2H3,(H,14,15)(H,16,17). The molecule has 0 radical (unpaired) electrons. The van der Waals surface area contributed by atoms with Crippen LogP contribution >= 0.6 is 0 Å². The van der Waals surface area contributed by atoms with Gasteiger partial charge in [-0.2, -0.15) is 0 Å². The Balaban J connectivity index is 2.47. The summed E-state index contributed by atoms with van der Waals surface area (Å²) in [6.07, 6.45) is 4.92. The molecule has 4 nitrogen and oxygen atoms in total. The zero-order valence-corrected chi connectivity index (χ0v) is 10.7. The van der Waals surface area contributed by atoms with Gasteiger partial charge in [-0.15, -0.1) is 0 Å². The van der Waals surface area contributed by atoms with Gasteiger partial charge < -0.3 is 10.4 Å². The van der Waals surface area contributed by atoms with Crippen molar-refractivity contribution in [3.63, 3.8) is 0 Å². The van der Waals surface area contributed by atoms with Gasteiger partial charge in [0.1, 0.15) is 0 Å². The van der Waals surface area contributed by atoms with Gasteiger partial charge in [0.2, 0.25) is 5.91 Å². The third kappa shape index (κ3) is 4.36. The highest BCUT2D eigenvalue weighted by molar-refractivity contribution is 5.78. The summed E-state index contributed by atoms with van der Waals surface area (Å²) in [5, 5.41) is 12.0. The summed E-state index contributed by atoms with van der Waals surface area (Å²) in [5.41, 5.74) is 0. The molecule has 0 spiro atoms. The summed E-state index contributed by atoms with van der Waals surface area (Å²) in [7, 11) is 0. The second kappa shape index (κ2) is 6.62. The molecule has 0 aromatic carbocycles. The number of hydrogen-bond donors (Lipinski definition) is 2. The molecule has 1 aliphatic carbocycles. The van der Waals surface area contributed by atoms with Crippen molar-refractivity contribution in [1.82, 2.24) is 5.32 Å². The molecule has 0 saturated heterocycles. The Bertz CT molecular complexity index is 278. The van der Waals surface area contributed by atoms with Crippen LogP contribution in [0.2, 0.25) is 0 Å². The molecule has 0 aromatic rings. The summed E-state index contributed by atoms with van der Waals surface area (Å²) >= 11 is 0. The summed E-state index contributed by atoms with van der Waals surface area (Å²) in [4.78, 5) is 22.8. The number of rotatable bonds is 5. The first-order valence-corrected chi connectivity index (χ1v) is 6.56. The molecular weight excluding hydrogens is 218 g/mol. The van der Waals surface area contributed by atoms with Crippen LogP contribution in [0.15, 0.2) is 0 Å². The number of carboxylic acid groups (broad SMARTS) is 1. The molecule has 98 valence electrons. The molecule has 1 fully saturated rings. The normalized spacial score (nSPS) is 26.2. The molecule has 3 atom stereocenters. The fourth-order valence-electron chi connectivity index (χ4n) is 2.33. The first-order chi connectivity index (χ1) is 8.04. The predicted molar refractivity (Wildman–Crippen MR) is 65.6 cm³/mol. The number of hydrogen-bond acceptors (Lipinski definition) is 2. The van der Waals surface area contributed by atoms with Gasteiger partial charge in [-0.1, -0.05) is 33.1 Å². The second-order valence-electron chi connectivity index (χ2n) is 5.12. The molecule has 1 rings (SSSR count). The molecule has 3 unspecified atom stereocenters. The van der Waals surface area contributed by atoms with Crippen LogP contribution in [-0.2, 0) is 9.59 Å². The van der Waals surface area contributed by atoms with E-state index in [0.29, 0.717) is 18.8 Å². The van der Waals surface area contributed by atoms with Gasteiger partial charge in [-0.3, -0.25) is 9.59 Å². The van der Waals surface area contributed by atoms with Crippen LogP contribution in [0.1, 0.15) is 52.4 Å². The third-order valence-electron chi connectivity index (χ3n) is 3.66. The molecule has 0 aromatic heterocycles. The summed E-state index contributed by atoms with van der Waals surface area (Å²) < 4.78 is 0. The Labute approximate surface area is 103 Å². The fraction of sp³-hybridized carbons (Fsp3) is 0.846. The minimum atomic E-state index is -0.779. The van der Waals surface area contributed by atoms with Gasteiger partial charge in [0.05, 0.1) is 5.92 Å². The zero-order valence-electron chi connectivity index (χ0n) is 10.7. The average molecular weight is 241 g/mol. The lowest BCUT2D eigenvalue weighted by Crippen LogP contribution is -2.45. The van der Waals surface area contributed by atoms with Crippen molar-refractivity contribution in [2.45, 2.75) is 58.4 Å². The van der Waals surface area contributed by atoms with Crippen LogP contribution in [0.4, 0.5) is 0 Å². The van der Waals surface area contributed by atoms with Gasteiger partial charge in [-0.05, 0) is 18.8 Å². The monoisotopic (exact) mass is 241 g/mol. The number of aliphatic carboxylic acids is 1. The molecule has 17 heavy (non-hydrogen) atoms. The lowest BCUT2D eigenvalue weighted by atomic mass is 9.84. The highest BCUT2D eigenvalue weighted by Crippen LogP contribution is 2.24. The summed E-state index contributed by atoms with van der Waals surface area (Å²) in [6.45, 7) is 4.09. The number of nitrogens with one attached hydrogen (secondary N) is 1. The number of carbonyl (C=O) groups excluding carboxylic acids is 1. The van der Waals surface area contributed by atoms with E-state index in [1.54, 1.807) is 0 Å². The van der Waals surface area contributed by atoms with Crippen LogP contribution < -0.4 is 5.32 Å². The molecule has 4 heteroatoms. The van der Waals surface area contributed by atoms with Crippen LogP contribution in [0, 0.1) is 11.8 Å². The Morgan fingerprint density at radius 3 is 2.59 bits per heavy atom. The molecule has 1 amide bonds. The quantitative estimate of drug-likeness (QED) is 0.775. The molecule has 0 aliphatic heterocycles. The highest BCUT2D eigenvalue weighted by Gasteiger charge is 2.31. The van der Waals surface area contributed by atoms with Crippen molar-refractivity contribution in [3.05, 3.63) is 0 Å². The fourth-order valence-corrected chi connectivity index (χ4v) is 2.33. The molecular formula is C13H23NO3. The van der Waals surface area contributed by atoms with Crippen LogP contribution in [0.3, 0.4) is 0 Å². The van der Waals surface area contributed by atoms with Gasteiger partial charge in [0, 0.05) is 12.5 Å². The smallest absolute Gasteiger partial charge is 0.308 e. The van der Waals surface area contributed by atoms with Crippen LogP contribution in [0.25, 0.3) is 0 Å². The maximum Gasteiger partial charge on any atom is 0.308 e. The van der Waals surface area contributed by atoms with Gasteiger partial charge in [0.15, 0.2) is 0 Å². The molecule has 0 bridgehead atoms. The van der Waals surface area contributed by atoms with Crippen molar-refractivity contribution in [1.29, 1.82) is 0 Å². The largest absolute Gasteiger partial charge is 0.481 e. The summed E-state index contributed by atoms with van der Waals surface area (Å²) in [6, 6.07) is -0.169. The van der Waals surface area contributed by atoms with Crippen LogP contribution in [-0.4, -0.2) is 23.0 Å². The van der Waals surface area contributed by atoms with Crippen molar-refractivity contribution < 1.29 is 14.7 Å². The van der Waals surface area contributed by atoms with E-state index in [2.05, 4.69) is 12.2 Å². The van der Waals surface area contributed by atoms with E-state index in [0.717, 1.165) is 25.7 Å².